The molecule has 2 aliphatic heterocycles. The zero-order valence-electron chi connectivity index (χ0n) is 33.8. The number of imidazole rings is 2. The van der Waals surface area contributed by atoms with Crippen LogP contribution in [0.2, 0.25) is 0 Å². The molecule has 0 radical (unpaired) electrons. The summed E-state index contributed by atoms with van der Waals surface area (Å²) in [6, 6.07) is 28.8. The molecule has 1 saturated heterocycles. The Morgan fingerprint density at radius 1 is 0.729 bits per heavy atom. The van der Waals surface area contributed by atoms with Gasteiger partial charge in [-0.2, -0.15) is 0 Å². The van der Waals surface area contributed by atoms with Gasteiger partial charge in [0.05, 0.1) is 36.4 Å². The van der Waals surface area contributed by atoms with Crippen molar-refractivity contribution in [2.45, 2.75) is 59.0 Å². The number of aliphatic hydroxyl groups is 1. The van der Waals surface area contributed by atoms with Crippen LogP contribution in [0.15, 0.2) is 140 Å². The fourth-order valence-corrected chi connectivity index (χ4v) is 6.67. The van der Waals surface area contributed by atoms with Crippen molar-refractivity contribution < 1.29 is 54.5 Å². The molecule has 4 heterocycles. The van der Waals surface area contributed by atoms with Gasteiger partial charge in [-0.3, -0.25) is 14.6 Å². The monoisotopic (exact) mass is 808 g/mol. The van der Waals surface area contributed by atoms with Gasteiger partial charge in [0.25, 0.3) is 0 Å². The minimum Gasteiger partial charge on any atom is -1.00 e. The molecule has 1 amide bonds. The van der Waals surface area contributed by atoms with Gasteiger partial charge in [0.1, 0.15) is 18.2 Å². The third-order valence-corrected chi connectivity index (χ3v) is 9.90. The second-order valence-electron chi connectivity index (χ2n) is 13.7. The van der Waals surface area contributed by atoms with E-state index in [-0.39, 0.29) is 61.7 Å². The maximum Gasteiger partial charge on any atom is 1.00 e. The Hall–Kier alpha value is -5.33. The Kier molecular flexibility index (Phi) is 18.3. The first-order chi connectivity index (χ1) is 27.8. The van der Waals surface area contributed by atoms with Crippen molar-refractivity contribution in [2.75, 3.05) is 19.7 Å². The summed E-state index contributed by atoms with van der Waals surface area (Å²) in [5.74, 6) is -0.523. The third-order valence-electron chi connectivity index (χ3n) is 9.90. The molecule has 12 heteroatoms. The summed E-state index contributed by atoms with van der Waals surface area (Å²) in [5, 5.41) is 8.89. The van der Waals surface area contributed by atoms with Crippen LogP contribution >= 0.6 is 0 Å². The molecule has 0 spiro atoms. The summed E-state index contributed by atoms with van der Waals surface area (Å²) in [4.78, 5) is 36.8. The van der Waals surface area contributed by atoms with Crippen molar-refractivity contribution in [3.05, 3.63) is 169 Å². The van der Waals surface area contributed by atoms with E-state index in [1.54, 1.807) is 47.9 Å². The normalized spacial score (nSPS) is 12.9. The van der Waals surface area contributed by atoms with Gasteiger partial charge in [-0.05, 0) is 90.4 Å². The molecule has 0 unspecified atom stereocenters. The molecule has 1 fully saturated rings. The summed E-state index contributed by atoms with van der Waals surface area (Å²) in [6.07, 6.45) is 14.4. The molecule has 9 nitrogen and oxygen atoms in total. The Bertz CT molecular complexity index is 2280. The van der Waals surface area contributed by atoms with Crippen molar-refractivity contribution in [3.63, 3.8) is 0 Å². The van der Waals surface area contributed by atoms with Crippen LogP contribution in [0, 0.1) is 11.6 Å². The van der Waals surface area contributed by atoms with Crippen molar-refractivity contribution in [1.82, 2.24) is 24.0 Å². The van der Waals surface area contributed by atoms with Crippen LogP contribution in [0.25, 0.3) is 22.5 Å². The number of benzene rings is 4. The van der Waals surface area contributed by atoms with E-state index in [0.717, 1.165) is 91.9 Å². The van der Waals surface area contributed by atoms with Crippen LogP contribution in [0.3, 0.4) is 0 Å². The predicted molar refractivity (Wildman–Crippen MR) is 227 cm³/mol. The smallest absolute Gasteiger partial charge is 1.00 e. The molecule has 4 aromatic carbocycles. The van der Waals surface area contributed by atoms with Crippen LogP contribution < -0.4 is 29.6 Å². The summed E-state index contributed by atoms with van der Waals surface area (Å²) in [5.41, 5.74) is 9.24. The minimum atomic E-state index is -0.491. The number of ketones is 1. The number of likely N-dealkylation sites (tertiary alicyclic amines) is 1. The fraction of sp³-hybridized carbons (Fsp3) is 0.255. The van der Waals surface area contributed by atoms with E-state index in [1.807, 2.05) is 41.4 Å². The van der Waals surface area contributed by atoms with Crippen molar-refractivity contribution in [3.8, 4) is 22.5 Å². The molecule has 0 bridgehead atoms. The number of hydrogen-bond donors (Lipinski definition) is 1. The van der Waals surface area contributed by atoms with Gasteiger partial charge in [-0.25, -0.2) is 18.7 Å². The molecule has 0 saturated carbocycles. The third kappa shape index (κ3) is 13.1. The standard InChI is InChI=1S/C21H20FN3.C19H17FN2O2.C6H9NO.CH4.Na.H/c22-19-9-3-16(4-10-19)11-13-25-15-23-14-21(25)18-7-5-17(6-8-18)20-2-1-12-24-20;20-17-7-1-14(2-8-17)9-10-22-13-21-11-18(22)15-3-5-16(6-4-15)19(24)12-23;1-2-7-5-3-4-6(7)8;;;/h3-10,14-15H,1-2,11-13H2;1-8,11,13,23H,9-10,12H2;2H,1,3-5H2;1H4;;/q;;;;+1;-1. The molecule has 302 valence electrons. The van der Waals surface area contributed by atoms with Crippen LogP contribution in [0.1, 0.15) is 61.6 Å². The number of nitrogens with zero attached hydrogens (tertiary/aromatic N) is 6. The van der Waals surface area contributed by atoms with Gasteiger partial charge in [0.2, 0.25) is 5.91 Å². The summed E-state index contributed by atoms with van der Waals surface area (Å²) >= 11 is 0. The number of aliphatic imine (C=N–C) groups is 1. The van der Waals surface area contributed by atoms with Crippen molar-refractivity contribution in [1.29, 1.82) is 0 Å². The number of Topliss-reactive ketones (excluding diaryl/α,β-unsaturated/α-hetero) is 1. The van der Waals surface area contributed by atoms with Gasteiger partial charge in [-0.1, -0.05) is 86.8 Å². The summed E-state index contributed by atoms with van der Waals surface area (Å²) < 4.78 is 30.1. The first-order valence-corrected chi connectivity index (χ1v) is 19.1. The molecule has 8 rings (SSSR count). The van der Waals surface area contributed by atoms with E-state index in [0.29, 0.717) is 12.0 Å². The number of carbonyl (C=O) groups is 2. The Morgan fingerprint density at radius 3 is 1.63 bits per heavy atom. The van der Waals surface area contributed by atoms with Crippen LogP contribution in [-0.2, 0) is 30.7 Å². The number of rotatable bonds is 12. The molecule has 2 aromatic heterocycles. The molecule has 1 N–H and O–H groups in total. The number of halogens is 2. The average molecular weight is 809 g/mol. The zero-order valence-corrected chi connectivity index (χ0v) is 34.8. The van der Waals surface area contributed by atoms with Crippen LogP contribution in [-0.4, -0.2) is 66.2 Å². The number of carbonyl (C=O) groups excluding carboxylic acids is 2. The van der Waals surface area contributed by atoms with Gasteiger partial charge >= 0.3 is 29.6 Å². The van der Waals surface area contributed by atoms with E-state index >= 15 is 0 Å². The van der Waals surface area contributed by atoms with E-state index in [4.69, 9.17) is 5.11 Å². The van der Waals surface area contributed by atoms with Crippen LogP contribution in [0.4, 0.5) is 8.78 Å². The number of hydrogen-bond acceptors (Lipinski definition) is 6. The van der Waals surface area contributed by atoms with Gasteiger partial charge in [0.15, 0.2) is 5.78 Å². The zero-order chi connectivity index (χ0) is 40.0. The van der Waals surface area contributed by atoms with Crippen molar-refractivity contribution in [2.24, 2.45) is 4.99 Å². The summed E-state index contributed by atoms with van der Waals surface area (Å²) in [6.45, 7) is 6.36. The molecule has 0 atom stereocenters. The number of aromatic nitrogens is 4. The maximum absolute atomic E-state index is 13.0. The molecular formula is C47H51F2N6NaO3. The van der Waals surface area contributed by atoms with Gasteiger partial charge < -0.3 is 20.6 Å². The van der Waals surface area contributed by atoms with E-state index in [2.05, 4.69) is 50.4 Å². The Morgan fingerprint density at radius 2 is 1.22 bits per heavy atom. The first-order valence-electron chi connectivity index (χ1n) is 19.1. The fourth-order valence-electron chi connectivity index (χ4n) is 6.67. The number of aryl methyl sites for hydroxylation is 4. The average Bonchev–Trinajstić information content (AvgIpc) is 4.10. The van der Waals surface area contributed by atoms with Crippen molar-refractivity contribution >= 4 is 17.4 Å². The Labute approximate surface area is 369 Å². The second kappa shape index (κ2) is 23.3. The van der Waals surface area contributed by atoms with Gasteiger partial charge in [0, 0.05) is 43.9 Å². The number of amides is 1. The minimum absolute atomic E-state index is 0. The molecule has 6 aromatic rings. The molecule has 59 heavy (non-hydrogen) atoms. The SMILES string of the molecule is C.C=CN1CCCC1=O.Fc1ccc(CCn2cncc2-c2ccc(C3=NCCC3)cc2)cc1.O=C(CO)c1ccc(-c2cncn2CCc2ccc(F)cc2)cc1.[H-].[Na+]. The number of aliphatic hydroxyl groups excluding tert-OH is 1. The van der Waals surface area contributed by atoms with Crippen LogP contribution in [0.5, 0.6) is 0 Å². The molecule has 0 aliphatic carbocycles. The van der Waals surface area contributed by atoms with E-state index < -0.39 is 6.61 Å². The first kappa shape index (κ1) is 46.4. The summed E-state index contributed by atoms with van der Waals surface area (Å²) in [7, 11) is 0. The predicted octanol–water partition coefficient (Wildman–Crippen LogP) is 6.13. The quantitative estimate of drug-likeness (QED) is 0.119. The molecule has 2 aliphatic rings. The van der Waals surface area contributed by atoms with E-state index in [1.165, 1.54) is 35.5 Å². The second-order valence-corrected chi connectivity index (χ2v) is 13.7. The van der Waals surface area contributed by atoms with Gasteiger partial charge in [-0.15, -0.1) is 0 Å². The Balaban J connectivity index is 0.000000260. The topological polar surface area (TPSA) is 106 Å². The molecular weight excluding hydrogens is 758 g/mol. The maximum atomic E-state index is 13.0. The largest absolute Gasteiger partial charge is 1.00 e. The van der Waals surface area contributed by atoms with E-state index in [9.17, 15) is 18.4 Å².